The van der Waals surface area contributed by atoms with Crippen molar-refractivity contribution in [3.8, 4) is 0 Å². The lowest BCUT2D eigenvalue weighted by Crippen LogP contribution is -2.49. The van der Waals surface area contributed by atoms with Crippen LogP contribution in [0.1, 0.15) is 18.9 Å². The predicted molar refractivity (Wildman–Crippen MR) is 74.8 cm³/mol. The minimum absolute atomic E-state index is 0.0831. The second-order valence-corrected chi connectivity index (χ2v) is 5.50. The van der Waals surface area contributed by atoms with Crippen molar-refractivity contribution in [2.24, 2.45) is 5.92 Å². The second kappa shape index (κ2) is 6.70. The summed E-state index contributed by atoms with van der Waals surface area (Å²) in [5, 5.41) is 2.85. The third kappa shape index (κ3) is 4.20. The van der Waals surface area contributed by atoms with E-state index in [1.54, 1.807) is 12.1 Å². The molecule has 1 fully saturated rings. The molecule has 1 aliphatic heterocycles. The predicted octanol–water partition coefficient (Wildman–Crippen LogP) is 2.39. The van der Waals surface area contributed by atoms with Crippen molar-refractivity contribution in [2.75, 3.05) is 20.2 Å². The number of alkyl carbamates (subject to hydrolysis) is 1. The smallest absolute Gasteiger partial charge is 0.407 e. The van der Waals surface area contributed by atoms with Gasteiger partial charge in [0.2, 0.25) is 0 Å². The first-order valence-corrected chi connectivity index (χ1v) is 6.88. The van der Waals surface area contributed by atoms with Crippen LogP contribution in [-0.2, 0) is 11.3 Å². The standard InChI is InChI=1S/C15H21FN2O2/c1-11-6-14(17-15(19)20-2)10-18(8-11)9-12-4-3-5-13(16)7-12/h3-5,7,11,14H,6,8-10H2,1-2H3,(H,17,19). The highest BCUT2D eigenvalue weighted by Crippen LogP contribution is 2.19. The van der Waals surface area contributed by atoms with Crippen molar-refractivity contribution in [1.82, 2.24) is 10.2 Å². The summed E-state index contributed by atoms with van der Waals surface area (Å²) >= 11 is 0. The van der Waals surface area contributed by atoms with E-state index in [9.17, 15) is 9.18 Å². The second-order valence-electron chi connectivity index (χ2n) is 5.50. The van der Waals surface area contributed by atoms with E-state index in [1.807, 2.05) is 6.07 Å². The average molecular weight is 280 g/mol. The first kappa shape index (κ1) is 14.8. The van der Waals surface area contributed by atoms with Gasteiger partial charge >= 0.3 is 6.09 Å². The van der Waals surface area contributed by atoms with Gasteiger partial charge in [0.25, 0.3) is 0 Å². The van der Waals surface area contributed by atoms with E-state index in [0.717, 1.165) is 25.1 Å². The summed E-state index contributed by atoms with van der Waals surface area (Å²) < 4.78 is 17.8. The van der Waals surface area contributed by atoms with Crippen LogP contribution < -0.4 is 5.32 Å². The zero-order chi connectivity index (χ0) is 14.5. The number of hydrogen-bond acceptors (Lipinski definition) is 3. The number of methoxy groups -OCH3 is 1. The number of hydrogen-bond donors (Lipinski definition) is 1. The maximum atomic E-state index is 13.2. The number of ether oxygens (including phenoxy) is 1. The summed E-state index contributed by atoms with van der Waals surface area (Å²) in [5.74, 6) is 0.274. The highest BCUT2D eigenvalue weighted by molar-refractivity contribution is 5.67. The van der Waals surface area contributed by atoms with E-state index in [0.29, 0.717) is 12.5 Å². The summed E-state index contributed by atoms with van der Waals surface area (Å²) in [6, 6.07) is 6.74. The fourth-order valence-electron chi connectivity index (χ4n) is 2.81. The molecule has 1 amide bonds. The Kier molecular flexibility index (Phi) is 4.95. The molecule has 0 aromatic heterocycles. The third-order valence-corrected chi connectivity index (χ3v) is 3.54. The zero-order valence-corrected chi connectivity index (χ0v) is 11.9. The number of benzene rings is 1. The van der Waals surface area contributed by atoms with Gasteiger partial charge in [0, 0.05) is 25.7 Å². The molecule has 0 saturated carbocycles. The summed E-state index contributed by atoms with van der Waals surface area (Å²) in [6.45, 7) is 4.57. The van der Waals surface area contributed by atoms with E-state index in [1.165, 1.54) is 13.2 Å². The molecule has 0 spiro atoms. The molecule has 2 atom stereocenters. The van der Waals surface area contributed by atoms with Crippen molar-refractivity contribution in [2.45, 2.75) is 25.9 Å². The highest BCUT2D eigenvalue weighted by Gasteiger charge is 2.26. The van der Waals surface area contributed by atoms with Gasteiger partial charge in [-0.1, -0.05) is 19.1 Å². The molecular formula is C15H21FN2O2. The van der Waals surface area contributed by atoms with E-state index in [2.05, 4.69) is 21.9 Å². The minimum atomic E-state index is -0.394. The molecule has 20 heavy (non-hydrogen) atoms. The lowest BCUT2D eigenvalue weighted by molar-refractivity contribution is 0.126. The van der Waals surface area contributed by atoms with E-state index in [-0.39, 0.29) is 11.9 Å². The van der Waals surface area contributed by atoms with Crippen LogP contribution in [0.5, 0.6) is 0 Å². The first-order valence-electron chi connectivity index (χ1n) is 6.88. The maximum absolute atomic E-state index is 13.2. The van der Waals surface area contributed by atoms with Gasteiger partial charge in [-0.2, -0.15) is 0 Å². The Hall–Kier alpha value is -1.62. The highest BCUT2D eigenvalue weighted by atomic mass is 19.1. The van der Waals surface area contributed by atoms with Crippen LogP contribution >= 0.6 is 0 Å². The maximum Gasteiger partial charge on any atom is 0.407 e. The van der Waals surface area contributed by atoms with Gasteiger partial charge in [-0.15, -0.1) is 0 Å². The van der Waals surface area contributed by atoms with Gasteiger partial charge in [-0.3, -0.25) is 4.90 Å². The molecule has 1 heterocycles. The normalized spacial score (nSPS) is 23.4. The molecule has 1 N–H and O–H groups in total. The molecule has 110 valence electrons. The van der Waals surface area contributed by atoms with Crippen LogP contribution in [-0.4, -0.2) is 37.2 Å². The summed E-state index contributed by atoms with van der Waals surface area (Å²) in [6.07, 6.45) is 0.546. The Labute approximate surface area is 118 Å². The average Bonchev–Trinajstić information content (AvgIpc) is 2.37. The van der Waals surface area contributed by atoms with Crippen LogP contribution in [0, 0.1) is 11.7 Å². The molecule has 0 aliphatic carbocycles. The number of carbonyl (C=O) groups is 1. The number of nitrogens with one attached hydrogen (secondary N) is 1. The Morgan fingerprint density at radius 3 is 3.00 bits per heavy atom. The molecule has 0 bridgehead atoms. The molecule has 1 aromatic carbocycles. The number of rotatable bonds is 3. The van der Waals surface area contributed by atoms with E-state index in [4.69, 9.17) is 0 Å². The fraction of sp³-hybridized carbons (Fsp3) is 0.533. The van der Waals surface area contributed by atoms with Gasteiger partial charge in [0.05, 0.1) is 7.11 Å². The SMILES string of the molecule is COC(=O)NC1CC(C)CN(Cc2cccc(F)c2)C1. The van der Waals surface area contributed by atoms with Gasteiger partial charge in [0.1, 0.15) is 5.82 Å². The van der Waals surface area contributed by atoms with Gasteiger partial charge < -0.3 is 10.1 Å². The monoisotopic (exact) mass is 280 g/mol. The quantitative estimate of drug-likeness (QED) is 0.924. The van der Waals surface area contributed by atoms with Gasteiger partial charge in [0.15, 0.2) is 0 Å². The molecular weight excluding hydrogens is 259 g/mol. The minimum Gasteiger partial charge on any atom is -0.453 e. The number of amides is 1. The van der Waals surface area contributed by atoms with Crippen LogP contribution in [0.15, 0.2) is 24.3 Å². The molecule has 1 aliphatic rings. The summed E-state index contributed by atoms with van der Waals surface area (Å²) in [5.41, 5.74) is 0.955. The van der Waals surface area contributed by atoms with E-state index < -0.39 is 6.09 Å². The Balaban J connectivity index is 1.95. The molecule has 2 rings (SSSR count). The number of halogens is 1. The number of likely N-dealkylation sites (tertiary alicyclic amines) is 1. The topological polar surface area (TPSA) is 41.6 Å². The molecule has 0 radical (unpaired) electrons. The Morgan fingerprint density at radius 1 is 1.50 bits per heavy atom. The van der Waals surface area contributed by atoms with Crippen molar-refractivity contribution >= 4 is 6.09 Å². The Bertz CT molecular complexity index is 467. The van der Waals surface area contributed by atoms with Crippen LogP contribution in [0.3, 0.4) is 0 Å². The van der Waals surface area contributed by atoms with Crippen molar-refractivity contribution in [1.29, 1.82) is 0 Å². The first-order chi connectivity index (χ1) is 9.56. The van der Waals surface area contributed by atoms with Crippen LogP contribution in [0.4, 0.5) is 9.18 Å². The number of piperidine rings is 1. The van der Waals surface area contributed by atoms with Crippen LogP contribution in [0.25, 0.3) is 0 Å². The Morgan fingerprint density at radius 2 is 2.30 bits per heavy atom. The largest absolute Gasteiger partial charge is 0.453 e. The summed E-state index contributed by atoms with van der Waals surface area (Å²) in [7, 11) is 1.37. The molecule has 4 nitrogen and oxygen atoms in total. The molecule has 1 saturated heterocycles. The van der Waals surface area contributed by atoms with Crippen molar-refractivity contribution in [3.63, 3.8) is 0 Å². The lowest BCUT2D eigenvalue weighted by atomic mass is 9.95. The van der Waals surface area contributed by atoms with Gasteiger partial charge in [-0.25, -0.2) is 9.18 Å². The third-order valence-electron chi connectivity index (χ3n) is 3.54. The van der Waals surface area contributed by atoms with Crippen LogP contribution in [0.2, 0.25) is 0 Å². The van der Waals surface area contributed by atoms with Crippen molar-refractivity contribution in [3.05, 3.63) is 35.6 Å². The van der Waals surface area contributed by atoms with Gasteiger partial charge in [-0.05, 0) is 30.0 Å². The fourth-order valence-corrected chi connectivity index (χ4v) is 2.81. The number of nitrogens with zero attached hydrogens (tertiary/aromatic N) is 1. The zero-order valence-electron chi connectivity index (χ0n) is 11.9. The molecule has 1 aromatic rings. The molecule has 2 unspecified atom stereocenters. The lowest BCUT2D eigenvalue weighted by Gasteiger charge is -2.36. The van der Waals surface area contributed by atoms with Crippen molar-refractivity contribution < 1.29 is 13.9 Å². The van der Waals surface area contributed by atoms with E-state index >= 15 is 0 Å². The summed E-state index contributed by atoms with van der Waals surface area (Å²) in [4.78, 5) is 13.5. The molecule has 5 heteroatoms. The number of carbonyl (C=O) groups excluding carboxylic acids is 1.